The summed E-state index contributed by atoms with van der Waals surface area (Å²) >= 11 is 0. The molecule has 1 unspecified atom stereocenters. The molecule has 162 valence electrons. The number of methoxy groups -OCH3 is 1. The van der Waals surface area contributed by atoms with Crippen LogP contribution >= 0.6 is 0 Å². The van der Waals surface area contributed by atoms with E-state index in [0.717, 1.165) is 63.4 Å². The van der Waals surface area contributed by atoms with E-state index in [0.29, 0.717) is 12.1 Å². The number of hydrogen-bond donors (Lipinski definition) is 1. The first-order chi connectivity index (χ1) is 15.2. The van der Waals surface area contributed by atoms with Gasteiger partial charge in [-0.05, 0) is 66.8 Å². The Labute approximate surface area is 184 Å². The molecule has 2 aromatic carbocycles. The second kappa shape index (κ2) is 9.84. The Hall–Kier alpha value is -3.04. The van der Waals surface area contributed by atoms with E-state index in [1.54, 1.807) is 7.11 Å². The SMILES string of the molecule is COc1ccc2c(c1)CCN(CCNC(=O)C1CCCN(c3ccc(C#N)cc3)C1)C2. The molecule has 1 fully saturated rings. The van der Waals surface area contributed by atoms with E-state index < -0.39 is 0 Å². The number of carbonyl (C=O) groups is 1. The van der Waals surface area contributed by atoms with E-state index in [1.807, 2.05) is 30.3 Å². The number of ether oxygens (including phenoxy) is 1. The zero-order chi connectivity index (χ0) is 21.6. The molecule has 0 saturated carbocycles. The molecule has 6 nitrogen and oxygen atoms in total. The van der Waals surface area contributed by atoms with Crippen molar-refractivity contribution in [3.8, 4) is 11.8 Å². The highest BCUT2D eigenvalue weighted by Gasteiger charge is 2.26. The Balaban J connectivity index is 1.24. The van der Waals surface area contributed by atoms with Crippen LogP contribution in [0.15, 0.2) is 42.5 Å². The number of hydrogen-bond acceptors (Lipinski definition) is 5. The molecule has 1 N–H and O–H groups in total. The van der Waals surface area contributed by atoms with Gasteiger partial charge in [-0.25, -0.2) is 0 Å². The fourth-order valence-corrected chi connectivity index (χ4v) is 4.56. The van der Waals surface area contributed by atoms with Crippen LogP contribution in [0.4, 0.5) is 5.69 Å². The predicted octanol–water partition coefficient (Wildman–Crippen LogP) is 2.96. The van der Waals surface area contributed by atoms with Crippen molar-refractivity contribution in [2.24, 2.45) is 5.92 Å². The number of carbonyl (C=O) groups excluding carboxylic acids is 1. The highest BCUT2D eigenvalue weighted by molar-refractivity contribution is 5.79. The highest BCUT2D eigenvalue weighted by Crippen LogP contribution is 2.25. The molecule has 31 heavy (non-hydrogen) atoms. The molecule has 0 aromatic heterocycles. The van der Waals surface area contributed by atoms with Crippen molar-refractivity contribution < 1.29 is 9.53 Å². The first kappa shape index (κ1) is 21.2. The highest BCUT2D eigenvalue weighted by atomic mass is 16.5. The molecule has 0 radical (unpaired) electrons. The summed E-state index contributed by atoms with van der Waals surface area (Å²) in [7, 11) is 1.70. The second-order valence-electron chi connectivity index (χ2n) is 8.40. The largest absolute Gasteiger partial charge is 0.497 e. The van der Waals surface area contributed by atoms with Crippen molar-refractivity contribution in [2.45, 2.75) is 25.8 Å². The van der Waals surface area contributed by atoms with Gasteiger partial charge < -0.3 is 15.0 Å². The molecule has 1 amide bonds. The van der Waals surface area contributed by atoms with Crippen molar-refractivity contribution in [3.05, 3.63) is 59.2 Å². The minimum atomic E-state index is 0.0129. The molecule has 2 aliphatic rings. The summed E-state index contributed by atoms with van der Waals surface area (Å²) in [5.74, 6) is 1.08. The number of anilines is 1. The summed E-state index contributed by atoms with van der Waals surface area (Å²) in [6, 6.07) is 16.1. The summed E-state index contributed by atoms with van der Waals surface area (Å²) in [4.78, 5) is 17.4. The molecule has 1 atom stereocenters. The van der Waals surface area contributed by atoms with Gasteiger partial charge in [-0.15, -0.1) is 0 Å². The third kappa shape index (κ3) is 5.18. The molecule has 2 aromatic rings. The van der Waals surface area contributed by atoms with Crippen LogP contribution in [0.2, 0.25) is 0 Å². The zero-order valence-corrected chi connectivity index (χ0v) is 18.1. The molecular formula is C25H30N4O2. The van der Waals surface area contributed by atoms with E-state index in [-0.39, 0.29) is 11.8 Å². The van der Waals surface area contributed by atoms with Crippen LogP contribution in [0.5, 0.6) is 5.75 Å². The van der Waals surface area contributed by atoms with E-state index in [1.165, 1.54) is 11.1 Å². The lowest BCUT2D eigenvalue weighted by Gasteiger charge is -2.34. The average Bonchev–Trinajstić information content (AvgIpc) is 2.83. The van der Waals surface area contributed by atoms with E-state index in [9.17, 15) is 4.79 Å². The van der Waals surface area contributed by atoms with Crippen molar-refractivity contribution in [3.63, 3.8) is 0 Å². The van der Waals surface area contributed by atoms with Crippen LogP contribution in [0.1, 0.15) is 29.5 Å². The van der Waals surface area contributed by atoms with Gasteiger partial charge in [-0.3, -0.25) is 9.69 Å². The number of nitrogens with one attached hydrogen (secondary N) is 1. The Bertz CT molecular complexity index is 951. The summed E-state index contributed by atoms with van der Waals surface area (Å²) in [6.45, 7) is 5.16. The minimum Gasteiger partial charge on any atom is -0.497 e. The number of nitriles is 1. The van der Waals surface area contributed by atoms with Gasteiger partial charge in [0.05, 0.1) is 24.7 Å². The van der Waals surface area contributed by atoms with Gasteiger partial charge in [0.1, 0.15) is 5.75 Å². The molecule has 0 bridgehead atoms. The summed E-state index contributed by atoms with van der Waals surface area (Å²) in [6.07, 6.45) is 2.95. The van der Waals surface area contributed by atoms with Gasteiger partial charge >= 0.3 is 0 Å². The van der Waals surface area contributed by atoms with E-state index in [4.69, 9.17) is 10.00 Å². The van der Waals surface area contributed by atoms with Crippen LogP contribution in [0, 0.1) is 17.2 Å². The molecule has 0 aliphatic carbocycles. The predicted molar refractivity (Wildman–Crippen MR) is 121 cm³/mol. The third-order valence-corrected chi connectivity index (χ3v) is 6.39. The first-order valence-corrected chi connectivity index (χ1v) is 11.1. The van der Waals surface area contributed by atoms with Crippen LogP contribution in [-0.4, -0.2) is 50.6 Å². The van der Waals surface area contributed by atoms with Crippen LogP contribution in [0.3, 0.4) is 0 Å². The smallest absolute Gasteiger partial charge is 0.224 e. The zero-order valence-electron chi connectivity index (χ0n) is 18.1. The molecule has 4 rings (SSSR count). The summed E-state index contributed by atoms with van der Waals surface area (Å²) in [5.41, 5.74) is 4.46. The molecule has 1 saturated heterocycles. The van der Waals surface area contributed by atoms with Gasteiger partial charge in [-0.2, -0.15) is 5.26 Å². The fraction of sp³-hybridized carbons (Fsp3) is 0.440. The number of rotatable bonds is 6. The maximum atomic E-state index is 12.8. The number of piperidine rings is 1. The standard InChI is InChI=1S/C25H30N4O2/c1-31-24-9-6-21-17-28(13-10-20(21)15-24)14-11-27-25(30)22-3-2-12-29(18-22)23-7-4-19(16-26)5-8-23/h4-9,15,22H,2-3,10-14,17-18H2,1H3,(H,27,30). The van der Waals surface area contributed by atoms with Crippen LogP contribution in [-0.2, 0) is 17.8 Å². The molecular weight excluding hydrogens is 388 g/mol. The van der Waals surface area contributed by atoms with Crippen LogP contribution < -0.4 is 15.0 Å². The van der Waals surface area contributed by atoms with Gasteiger partial charge in [0.15, 0.2) is 0 Å². The minimum absolute atomic E-state index is 0.0129. The van der Waals surface area contributed by atoms with Crippen molar-refractivity contribution in [2.75, 3.05) is 44.7 Å². The van der Waals surface area contributed by atoms with Gasteiger partial charge in [0.2, 0.25) is 5.91 Å². The topological polar surface area (TPSA) is 68.6 Å². The monoisotopic (exact) mass is 418 g/mol. The quantitative estimate of drug-likeness (QED) is 0.781. The third-order valence-electron chi connectivity index (χ3n) is 6.39. The second-order valence-corrected chi connectivity index (χ2v) is 8.40. The first-order valence-electron chi connectivity index (χ1n) is 11.1. The van der Waals surface area contributed by atoms with E-state index >= 15 is 0 Å². The van der Waals surface area contributed by atoms with E-state index in [2.05, 4.69) is 33.3 Å². The molecule has 0 spiro atoms. The number of fused-ring (bicyclic) bond motifs is 1. The lowest BCUT2D eigenvalue weighted by molar-refractivity contribution is -0.125. The molecule has 6 heteroatoms. The number of amides is 1. The normalized spacial score (nSPS) is 18.7. The number of nitrogens with zero attached hydrogens (tertiary/aromatic N) is 3. The lowest BCUT2D eigenvalue weighted by atomic mass is 9.96. The van der Waals surface area contributed by atoms with Crippen molar-refractivity contribution in [1.82, 2.24) is 10.2 Å². The average molecular weight is 419 g/mol. The summed E-state index contributed by atoms with van der Waals surface area (Å²) in [5, 5.41) is 12.1. The van der Waals surface area contributed by atoms with Crippen LogP contribution in [0.25, 0.3) is 0 Å². The Morgan fingerprint density at radius 3 is 2.81 bits per heavy atom. The lowest BCUT2D eigenvalue weighted by Crippen LogP contribution is -2.45. The van der Waals surface area contributed by atoms with Crippen molar-refractivity contribution in [1.29, 1.82) is 5.26 Å². The fourth-order valence-electron chi connectivity index (χ4n) is 4.56. The maximum Gasteiger partial charge on any atom is 0.224 e. The molecule has 2 aliphatic heterocycles. The summed E-state index contributed by atoms with van der Waals surface area (Å²) < 4.78 is 5.32. The van der Waals surface area contributed by atoms with Gasteiger partial charge in [-0.1, -0.05) is 6.07 Å². The Morgan fingerprint density at radius 1 is 1.19 bits per heavy atom. The maximum absolute atomic E-state index is 12.8. The van der Waals surface area contributed by atoms with Gasteiger partial charge in [0.25, 0.3) is 0 Å². The van der Waals surface area contributed by atoms with Gasteiger partial charge in [0, 0.05) is 45.0 Å². The number of benzene rings is 2. The van der Waals surface area contributed by atoms with Crippen molar-refractivity contribution >= 4 is 11.6 Å². The molecule has 2 heterocycles. The Kier molecular flexibility index (Phi) is 6.73. The Morgan fingerprint density at radius 2 is 2.03 bits per heavy atom.